The summed E-state index contributed by atoms with van der Waals surface area (Å²) in [6.45, 7) is 1.96. The number of hydrogen-bond donors (Lipinski definition) is 2. The van der Waals surface area contributed by atoms with Crippen molar-refractivity contribution in [1.29, 1.82) is 0 Å². The van der Waals surface area contributed by atoms with Gasteiger partial charge in [-0.2, -0.15) is 0 Å². The Kier molecular flexibility index (Phi) is 8.36. The van der Waals surface area contributed by atoms with Gasteiger partial charge in [0.25, 0.3) is 0 Å². The van der Waals surface area contributed by atoms with Crippen LogP contribution in [-0.4, -0.2) is 39.3 Å². The number of methoxy groups -OCH3 is 1. The van der Waals surface area contributed by atoms with Gasteiger partial charge in [-0.25, -0.2) is 0 Å². The molecular formula is C27H27N5O3S. The Morgan fingerprint density at radius 1 is 0.944 bits per heavy atom. The number of thioether (sulfide) groups is 1. The van der Waals surface area contributed by atoms with Crippen molar-refractivity contribution in [3.8, 4) is 11.4 Å². The van der Waals surface area contributed by atoms with Crippen molar-refractivity contribution in [3.05, 3.63) is 90.3 Å². The van der Waals surface area contributed by atoms with Gasteiger partial charge in [-0.3, -0.25) is 14.2 Å². The predicted octanol–water partition coefficient (Wildman–Crippen LogP) is 5.21. The van der Waals surface area contributed by atoms with Crippen molar-refractivity contribution in [2.45, 2.75) is 25.0 Å². The van der Waals surface area contributed by atoms with E-state index in [2.05, 4.69) is 20.8 Å². The average molecular weight is 502 g/mol. The van der Waals surface area contributed by atoms with Gasteiger partial charge < -0.3 is 15.4 Å². The number of para-hydroxylation sites is 3. The number of benzene rings is 3. The molecule has 0 spiro atoms. The smallest absolute Gasteiger partial charge is 0.225 e. The van der Waals surface area contributed by atoms with Crippen LogP contribution in [0.15, 0.2) is 84.0 Å². The van der Waals surface area contributed by atoms with Crippen molar-refractivity contribution in [3.63, 3.8) is 0 Å². The molecule has 4 rings (SSSR count). The quantitative estimate of drug-likeness (QED) is 0.215. The molecular weight excluding hydrogens is 474 g/mol. The molecule has 1 heterocycles. The minimum Gasteiger partial charge on any atom is -0.495 e. The minimum atomic E-state index is -0.109. The molecule has 0 aliphatic rings. The van der Waals surface area contributed by atoms with E-state index in [4.69, 9.17) is 4.74 Å². The van der Waals surface area contributed by atoms with E-state index in [1.807, 2.05) is 59.2 Å². The maximum Gasteiger partial charge on any atom is 0.225 e. The first kappa shape index (κ1) is 25.0. The molecule has 0 radical (unpaired) electrons. The van der Waals surface area contributed by atoms with Crippen LogP contribution in [0.1, 0.15) is 29.5 Å². The fraction of sp³-hybridized carbons (Fsp3) is 0.185. The van der Waals surface area contributed by atoms with Crippen LogP contribution in [0.25, 0.3) is 5.69 Å². The third-order valence-electron chi connectivity index (χ3n) is 5.39. The standard InChI is InChI=1S/C27H27N5O3S/c1-19(33)20-12-14-21(15-13-20)29-26(34)16-17-36-27-31-30-25(32(27)22-8-4-3-5-9-22)18-28-23-10-6-7-11-24(23)35-2/h3-15,28H,16-18H2,1-2H3,(H,29,34). The molecule has 0 unspecified atom stereocenters. The number of amides is 1. The van der Waals surface area contributed by atoms with Gasteiger partial charge in [0.1, 0.15) is 5.75 Å². The Morgan fingerprint density at radius 3 is 2.39 bits per heavy atom. The van der Waals surface area contributed by atoms with Gasteiger partial charge >= 0.3 is 0 Å². The second-order valence-electron chi connectivity index (χ2n) is 7.90. The van der Waals surface area contributed by atoms with Crippen LogP contribution in [0, 0.1) is 0 Å². The number of aromatic nitrogens is 3. The highest BCUT2D eigenvalue weighted by Crippen LogP contribution is 2.26. The van der Waals surface area contributed by atoms with E-state index in [0.29, 0.717) is 35.1 Å². The van der Waals surface area contributed by atoms with Crippen molar-refractivity contribution >= 4 is 34.8 Å². The highest BCUT2D eigenvalue weighted by molar-refractivity contribution is 7.99. The summed E-state index contributed by atoms with van der Waals surface area (Å²) in [5.41, 5.74) is 3.08. The number of nitrogens with zero attached hydrogens (tertiary/aromatic N) is 3. The lowest BCUT2D eigenvalue weighted by Crippen LogP contribution is -2.12. The summed E-state index contributed by atoms with van der Waals surface area (Å²) in [4.78, 5) is 23.9. The Hall–Kier alpha value is -4.11. The second-order valence-corrected chi connectivity index (χ2v) is 8.97. The van der Waals surface area contributed by atoms with E-state index in [-0.39, 0.29) is 11.7 Å². The largest absolute Gasteiger partial charge is 0.495 e. The number of ether oxygens (including phenoxy) is 1. The summed E-state index contributed by atoms with van der Waals surface area (Å²) in [7, 11) is 1.64. The molecule has 1 amide bonds. The molecule has 9 heteroatoms. The lowest BCUT2D eigenvalue weighted by molar-refractivity contribution is -0.115. The number of anilines is 2. The maximum atomic E-state index is 12.4. The summed E-state index contributed by atoms with van der Waals surface area (Å²) in [5, 5.41) is 15.8. The van der Waals surface area contributed by atoms with Crippen molar-refractivity contribution in [2.75, 3.05) is 23.5 Å². The molecule has 0 aliphatic carbocycles. The van der Waals surface area contributed by atoms with Crippen molar-refractivity contribution in [1.82, 2.24) is 14.8 Å². The molecule has 1 aromatic heterocycles. The monoisotopic (exact) mass is 501 g/mol. The third-order valence-corrected chi connectivity index (χ3v) is 6.32. The Balaban J connectivity index is 1.41. The molecule has 0 bridgehead atoms. The normalized spacial score (nSPS) is 10.6. The van der Waals surface area contributed by atoms with Crippen LogP contribution >= 0.6 is 11.8 Å². The molecule has 2 N–H and O–H groups in total. The Labute approximate surface area is 214 Å². The zero-order chi connectivity index (χ0) is 25.3. The Bertz CT molecular complexity index is 1320. The van der Waals surface area contributed by atoms with Crippen LogP contribution in [0.5, 0.6) is 5.75 Å². The highest BCUT2D eigenvalue weighted by Gasteiger charge is 2.16. The molecule has 0 fully saturated rings. The molecule has 0 saturated heterocycles. The Morgan fingerprint density at radius 2 is 1.67 bits per heavy atom. The number of nitrogens with one attached hydrogen (secondary N) is 2. The first-order chi connectivity index (χ1) is 17.5. The van der Waals surface area contributed by atoms with E-state index >= 15 is 0 Å². The van der Waals surface area contributed by atoms with E-state index < -0.39 is 0 Å². The molecule has 0 saturated carbocycles. The summed E-state index contributed by atoms with van der Waals surface area (Å²) in [5.74, 6) is 1.90. The number of hydrogen-bond acceptors (Lipinski definition) is 7. The van der Waals surface area contributed by atoms with Crippen LogP contribution in [0.3, 0.4) is 0 Å². The lowest BCUT2D eigenvalue weighted by Gasteiger charge is -2.13. The molecule has 4 aromatic rings. The summed E-state index contributed by atoms with van der Waals surface area (Å²) >= 11 is 1.47. The number of carbonyl (C=O) groups excluding carboxylic acids is 2. The fourth-order valence-electron chi connectivity index (χ4n) is 3.56. The number of ketones is 1. The summed E-state index contributed by atoms with van der Waals surface area (Å²) in [6, 6.07) is 24.5. The maximum absolute atomic E-state index is 12.4. The van der Waals surface area contributed by atoms with Crippen LogP contribution in [-0.2, 0) is 11.3 Å². The molecule has 3 aromatic carbocycles. The number of Topliss-reactive ketones (excluding diaryl/α,β-unsaturated/α-hetero) is 1. The lowest BCUT2D eigenvalue weighted by atomic mass is 10.1. The van der Waals surface area contributed by atoms with Crippen LogP contribution in [0.2, 0.25) is 0 Å². The molecule has 0 aliphatic heterocycles. The predicted molar refractivity (Wildman–Crippen MR) is 142 cm³/mol. The minimum absolute atomic E-state index is 0.00993. The summed E-state index contributed by atoms with van der Waals surface area (Å²) in [6.07, 6.45) is 0.301. The zero-order valence-electron chi connectivity index (χ0n) is 20.1. The first-order valence-corrected chi connectivity index (χ1v) is 12.4. The topological polar surface area (TPSA) is 98.1 Å². The average Bonchev–Trinajstić information content (AvgIpc) is 3.31. The van der Waals surface area contributed by atoms with Crippen LogP contribution in [0.4, 0.5) is 11.4 Å². The third kappa shape index (κ3) is 6.31. The SMILES string of the molecule is COc1ccccc1NCc1nnc(SCCC(=O)Nc2ccc(C(C)=O)cc2)n1-c1ccccc1. The van der Waals surface area contributed by atoms with E-state index in [1.54, 1.807) is 31.4 Å². The summed E-state index contributed by atoms with van der Waals surface area (Å²) < 4.78 is 7.42. The van der Waals surface area contributed by atoms with Crippen LogP contribution < -0.4 is 15.4 Å². The van der Waals surface area contributed by atoms with E-state index in [1.165, 1.54) is 18.7 Å². The zero-order valence-corrected chi connectivity index (χ0v) is 20.9. The van der Waals surface area contributed by atoms with Crippen molar-refractivity contribution < 1.29 is 14.3 Å². The molecule has 8 nitrogen and oxygen atoms in total. The van der Waals surface area contributed by atoms with Gasteiger partial charge in [0, 0.05) is 29.1 Å². The van der Waals surface area contributed by atoms with Crippen molar-refractivity contribution in [2.24, 2.45) is 0 Å². The first-order valence-electron chi connectivity index (χ1n) is 11.5. The van der Waals surface area contributed by atoms with E-state index in [9.17, 15) is 9.59 Å². The molecule has 184 valence electrons. The van der Waals surface area contributed by atoms with Gasteiger partial charge in [0.2, 0.25) is 5.91 Å². The van der Waals surface area contributed by atoms with Gasteiger partial charge in [-0.1, -0.05) is 42.1 Å². The van der Waals surface area contributed by atoms with Gasteiger partial charge in [-0.05, 0) is 55.5 Å². The second kappa shape index (κ2) is 12.0. The highest BCUT2D eigenvalue weighted by atomic mass is 32.2. The number of carbonyl (C=O) groups is 2. The van der Waals surface area contributed by atoms with Gasteiger partial charge in [0.15, 0.2) is 16.8 Å². The van der Waals surface area contributed by atoms with E-state index in [0.717, 1.165) is 22.9 Å². The molecule has 36 heavy (non-hydrogen) atoms. The van der Waals surface area contributed by atoms with Gasteiger partial charge in [-0.15, -0.1) is 10.2 Å². The number of rotatable bonds is 11. The molecule has 0 atom stereocenters. The fourth-order valence-corrected chi connectivity index (χ4v) is 4.46. The van der Waals surface area contributed by atoms with Gasteiger partial charge in [0.05, 0.1) is 19.3 Å².